The van der Waals surface area contributed by atoms with Crippen LogP contribution in [0.4, 0.5) is 0 Å². The summed E-state index contributed by atoms with van der Waals surface area (Å²) in [6.07, 6.45) is 0. The van der Waals surface area contributed by atoms with Crippen molar-refractivity contribution in [2.45, 2.75) is 31.4 Å². The summed E-state index contributed by atoms with van der Waals surface area (Å²) in [5, 5.41) is 0.585. The molecule has 0 amide bonds. The quantitative estimate of drug-likeness (QED) is 0.815. The third kappa shape index (κ3) is 3.90. The van der Waals surface area contributed by atoms with E-state index in [1.807, 2.05) is 19.1 Å². The molecular formula is C19H22N2O2S2. The minimum absolute atomic E-state index is 0.319. The first-order valence-corrected chi connectivity index (χ1v) is 10.6. The molecule has 1 aliphatic rings. The van der Waals surface area contributed by atoms with Crippen LogP contribution in [0.5, 0.6) is 0 Å². The van der Waals surface area contributed by atoms with E-state index >= 15 is 0 Å². The molecule has 0 unspecified atom stereocenters. The summed E-state index contributed by atoms with van der Waals surface area (Å²) in [6, 6.07) is 13.3. The second kappa shape index (κ2) is 7.22. The van der Waals surface area contributed by atoms with E-state index in [1.165, 1.54) is 32.8 Å². The first-order chi connectivity index (χ1) is 11.9. The van der Waals surface area contributed by atoms with Crippen LogP contribution >= 0.6 is 11.8 Å². The van der Waals surface area contributed by atoms with Crippen molar-refractivity contribution >= 4 is 27.0 Å². The molecule has 1 heterocycles. The number of hydrogen-bond donors (Lipinski definition) is 0. The van der Waals surface area contributed by atoms with Crippen LogP contribution in [0, 0.1) is 20.8 Å². The monoisotopic (exact) mass is 374 g/mol. The van der Waals surface area contributed by atoms with Crippen LogP contribution in [0.2, 0.25) is 0 Å². The topological polar surface area (TPSA) is 49.7 Å². The Hall–Kier alpha value is -1.79. The summed E-state index contributed by atoms with van der Waals surface area (Å²) in [6.45, 7) is 7.01. The van der Waals surface area contributed by atoms with E-state index in [9.17, 15) is 8.42 Å². The fraction of sp³-hybridized carbons (Fsp3) is 0.316. The molecule has 0 radical (unpaired) electrons. The first kappa shape index (κ1) is 18.0. The summed E-state index contributed by atoms with van der Waals surface area (Å²) in [4.78, 5) is 4.74. The molecule has 25 heavy (non-hydrogen) atoms. The van der Waals surface area contributed by atoms with Crippen molar-refractivity contribution in [3.63, 3.8) is 0 Å². The highest BCUT2D eigenvalue weighted by Crippen LogP contribution is 2.27. The largest absolute Gasteiger partial charge is 0.265 e. The maximum atomic E-state index is 12.9. The Morgan fingerprint density at radius 2 is 1.72 bits per heavy atom. The highest BCUT2D eigenvalue weighted by Gasteiger charge is 2.30. The van der Waals surface area contributed by atoms with Crippen molar-refractivity contribution in [2.24, 2.45) is 4.99 Å². The number of sulfonamides is 1. The van der Waals surface area contributed by atoms with Gasteiger partial charge in [0.15, 0.2) is 5.17 Å². The number of benzene rings is 2. The van der Waals surface area contributed by atoms with Gasteiger partial charge in [-0.1, -0.05) is 53.2 Å². The zero-order chi connectivity index (χ0) is 18.0. The fourth-order valence-corrected chi connectivity index (χ4v) is 5.47. The van der Waals surface area contributed by atoms with Gasteiger partial charge in [0.05, 0.1) is 18.0 Å². The summed E-state index contributed by atoms with van der Waals surface area (Å²) in [5.74, 6) is 0.715. The average molecular weight is 375 g/mol. The summed E-state index contributed by atoms with van der Waals surface area (Å²) in [7, 11) is -3.55. The minimum atomic E-state index is -3.55. The van der Waals surface area contributed by atoms with Crippen LogP contribution < -0.4 is 0 Å². The van der Waals surface area contributed by atoms with E-state index in [2.05, 4.69) is 37.0 Å². The van der Waals surface area contributed by atoms with Gasteiger partial charge in [-0.15, -0.1) is 0 Å². The minimum Gasteiger partial charge on any atom is -0.260 e. The third-order valence-corrected chi connectivity index (χ3v) is 7.22. The standard InChI is InChI=1S/C19H22N2O2S2/c1-14-5-8-18(9-6-14)25(22,23)21-11-10-20-19(21)24-13-17-12-15(2)4-7-16(17)3/h4-9,12H,10-11,13H2,1-3H3. The van der Waals surface area contributed by atoms with Gasteiger partial charge < -0.3 is 0 Å². The SMILES string of the molecule is Cc1ccc(S(=O)(=O)N2CCN=C2SCc2cc(C)ccc2C)cc1. The van der Waals surface area contributed by atoms with Gasteiger partial charge in [-0.2, -0.15) is 0 Å². The first-order valence-electron chi connectivity index (χ1n) is 8.21. The molecule has 0 fully saturated rings. The van der Waals surface area contributed by atoms with E-state index in [1.54, 1.807) is 12.1 Å². The van der Waals surface area contributed by atoms with Crippen molar-refractivity contribution in [1.29, 1.82) is 0 Å². The number of aryl methyl sites for hydroxylation is 3. The van der Waals surface area contributed by atoms with Crippen LogP contribution in [-0.4, -0.2) is 31.0 Å². The number of hydrogen-bond acceptors (Lipinski definition) is 4. The van der Waals surface area contributed by atoms with E-state index in [0.717, 1.165) is 5.56 Å². The number of aliphatic imine (C=N–C) groups is 1. The molecule has 0 aliphatic carbocycles. The van der Waals surface area contributed by atoms with Crippen LogP contribution in [-0.2, 0) is 15.8 Å². The molecule has 0 aromatic heterocycles. The molecule has 0 N–H and O–H groups in total. The highest BCUT2D eigenvalue weighted by atomic mass is 32.2. The van der Waals surface area contributed by atoms with Gasteiger partial charge >= 0.3 is 0 Å². The average Bonchev–Trinajstić information content (AvgIpc) is 3.05. The van der Waals surface area contributed by atoms with Gasteiger partial charge in [0.2, 0.25) is 0 Å². The van der Waals surface area contributed by atoms with Gasteiger partial charge in [0, 0.05) is 5.75 Å². The third-order valence-electron chi connectivity index (χ3n) is 4.23. The smallest absolute Gasteiger partial charge is 0.260 e. The molecule has 1 aliphatic heterocycles. The molecule has 0 saturated carbocycles. The van der Waals surface area contributed by atoms with E-state index in [4.69, 9.17) is 0 Å². The van der Waals surface area contributed by atoms with Crippen molar-refractivity contribution in [3.05, 3.63) is 64.7 Å². The lowest BCUT2D eigenvalue weighted by atomic mass is 10.1. The molecular weight excluding hydrogens is 352 g/mol. The molecule has 4 nitrogen and oxygen atoms in total. The highest BCUT2D eigenvalue weighted by molar-refractivity contribution is 8.14. The van der Waals surface area contributed by atoms with E-state index in [0.29, 0.717) is 28.9 Å². The van der Waals surface area contributed by atoms with E-state index < -0.39 is 10.0 Å². The van der Waals surface area contributed by atoms with Crippen molar-refractivity contribution in [2.75, 3.05) is 13.1 Å². The lowest BCUT2D eigenvalue weighted by Gasteiger charge is -2.20. The van der Waals surface area contributed by atoms with Gasteiger partial charge in [-0.3, -0.25) is 4.99 Å². The Morgan fingerprint density at radius 3 is 2.44 bits per heavy atom. The van der Waals surface area contributed by atoms with Gasteiger partial charge in [-0.05, 0) is 44.0 Å². The van der Waals surface area contributed by atoms with E-state index in [-0.39, 0.29) is 0 Å². The molecule has 2 aromatic rings. The number of amidine groups is 1. The van der Waals surface area contributed by atoms with Gasteiger partial charge in [0.1, 0.15) is 0 Å². The molecule has 0 bridgehead atoms. The maximum Gasteiger partial charge on any atom is 0.265 e. The van der Waals surface area contributed by atoms with Crippen LogP contribution in [0.25, 0.3) is 0 Å². The van der Waals surface area contributed by atoms with Crippen LogP contribution in [0.1, 0.15) is 22.3 Å². The Bertz CT molecular complexity index is 904. The molecule has 2 aromatic carbocycles. The molecule has 0 spiro atoms. The number of thioether (sulfide) groups is 1. The lowest BCUT2D eigenvalue weighted by Crippen LogP contribution is -2.32. The zero-order valence-electron chi connectivity index (χ0n) is 14.7. The molecule has 3 rings (SSSR count). The number of rotatable bonds is 4. The van der Waals surface area contributed by atoms with Crippen molar-refractivity contribution in [1.82, 2.24) is 4.31 Å². The summed E-state index contributed by atoms with van der Waals surface area (Å²) < 4.78 is 27.3. The molecule has 0 atom stereocenters. The normalized spacial score (nSPS) is 14.7. The summed E-state index contributed by atoms with van der Waals surface area (Å²) in [5.41, 5.74) is 4.68. The second-order valence-corrected chi connectivity index (χ2v) is 9.08. The van der Waals surface area contributed by atoms with Crippen LogP contribution in [0.3, 0.4) is 0 Å². The second-order valence-electron chi connectivity index (χ2n) is 6.27. The van der Waals surface area contributed by atoms with Crippen LogP contribution in [0.15, 0.2) is 52.4 Å². The van der Waals surface area contributed by atoms with Gasteiger partial charge in [-0.25, -0.2) is 12.7 Å². The zero-order valence-corrected chi connectivity index (χ0v) is 16.3. The maximum absolute atomic E-state index is 12.9. The van der Waals surface area contributed by atoms with Gasteiger partial charge in [0.25, 0.3) is 10.0 Å². The molecule has 132 valence electrons. The molecule has 0 saturated heterocycles. The molecule has 6 heteroatoms. The Balaban J connectivity index is 1.78. The Labute approximate surface area is 154 Å². The predicted molar refractivity (Wildman–Crippen MR) is 105 cm³/mol. The number of nitrogens with zero attached hydrogens (tertiary/aromatic N) is 2. The van der Waals surface area contributed by atoms with Crippen molar-refractivity contribution < 1.29 is 8.42 Å². The predicted octanol–water partition coefficient (Wildman–Crippen LogP) is 3.91. The Kier molecular flexibility index (Phi) is 5.20. The fourth-order valence-electron chi connectivity index (χ4n) is 2.69. The lowest BCUT2D eigenvalue weighted by molar-refractivity contribution is 0.540. The Morgan fingerprint density at radius 1 is 1.04 bits per heavy atom. The van der Waals surface area contributed by atoms with Crippen molar-refractivity contribution in [3.8, 4) is 0 Å². The summed E-state index contributed by atoms with van der Waals surface area (Å²) >= 11 is 1.49.